The largest absolute Gasteiger partial charge is 0.345 e. The van der Waals surface area contributed by atoms with Gasteiger partial charge in [-0.15, -0.1) is 0 Å². The molecule has 0 saturated carbocycles. The van der Waals surface area contributed by atoms with Gasteiger partial charge in [0.05, 0.1) is 18.6 Å². The number of nitrogens with zero attached hydrogens (tertiary/aromatic N) is 1. The Balaban J connectivity index is 2.69. The lowest BCUT2D eigenvalue weighted by atomic mass is 9.97. The number of hydrogen-bond donors (Lipinski definition) is 4. The van der Waals surface area contributed by atoms with Crippen LogP contribution in [-0.4, -0.2) is 41.9 Å². The van der Waals surface area contributed by atoms with Crippen LogP contribution in [0.3, 0.4) is 0 Å². The van der Waals surface area contributed by atoms with E-state index >= 15 is 4.39 Å². The van der Waals surface area contributed by atoms with Gasteiger partial charge in [-0.2, -0.15) is 5.11 Å². The van der Waals surface area contributed by atoms with Crippen LogP contribution in [0.5, 0.6) is 0 Å². The first-order valence-corrected chi connectivity index (χ1v) is 8.36. The maximum atomic E-state index is 15.1. The second kappa shape index (κ2) is 9.47. The van der Waals surface area contributed by atoms with Gasteiger partial charge in [0.1, 0.15) is 5.70 Å². The summed E-state index contributed by atoms with van der Waals surface area (Å²) < 4.78 is 15.1. The average Bonchev–Trinajstić information content (AvgIpc) is 2.56. The van der Waals surface area contributed by atoms with Crippen LogP contribution in [0.25, 0.3) is 0 Å². The lowest BCUT2D eigenvalue weighted by Gasteiger charge is -2.27. The van der Waals surface area contributed by atoms with E-state index in [-0.39, 0.29) is 12.1 Å². The molecule has 140 valence electrons. The Labute approximate surface area is 146 Å². The Kier molecular flexibility index (Phi) is 7.98. The SMILES string of the molecule is C[C@H](N)C(=O)N[C@@H](C)C(=O)C(=O)CNC1(F)CCCCCC=C1N=N. The molecule has 0 aromatic rings. The van der Waals surface area contributed by atoms with Crippen LogP contribution >= 0.6 is 0 Å². The van der Waals surface area contributed by atoms with Crippen LogP contribution in [0.4, 0.5) is 4.39 Å². The number of amides is 1. The average molecular weight is 355 g/mol. The molecule has 0 spiro atoms. The molecule has 0 radical (unpaired) electrons. The minimum Gasteiger partial charge on any atom is -0.345 e. The fourth-order valence-electron chi connectivity index (χ4n) is 2.49. The van der Waals surface area contributed by atoms with E-state index in [0.717, 1.165) is 12.8 Å². The van der Waals surface area contributed by atoms with Crippen LogP contribution in [0.2, 0.25) is 0 Å². The second-order valence-corrected chi connectivity index (χ2v) is 6.26. The molecule has 0 aromatic heterocycles. The Bertz CT molecular complexity index is 564. The number of carbonyl (C=O) groups excluding carboxylic acids is 3. The highest BCUT2D eigenvalue weighted by Gasteiger charge is 2.36. The van der Waals surface area contributed by atoms with E-state index in [2.05, 4.69) is 15.7 Å². The maximum Gasteiger partial charge on any atom is 0.237 e. The highest BCUT2D eigenvalue weighted by molar-refractivity contribution is 6.40. The number of alkyl halides is 1. The van der Waals surface area contributed by atoms with E-state index in [1.807, 2.05) is 0 Å². The first-order valence-electron chi connectivity index (χ1n) is 8.36. The van der Waals surface area contributed by atoms with Crippen molar-refractivity contribution < 1.29 is 18.8 Å². The van der Waals surface area contributed by atoms with Crippen molar-refractivity contribution in [1.82, 2.24) is 10.6 Å². The van der Waals surface area contributed by atoms with E-state index in [1.54, 1.807) is 0 Å². The van der Waals surface area contributed by atoms with E-state index in [4.69, 9.17) is 11.3 Å². The van der Waals surface area contributed by atoms with E-state index in [9.17, 15) is 14.4 Å². The Hall–Kier alpha value is -2.00. The molecular weight excluding hydrogens is 329 g/mol. The van der Waals surface area contributed by atoms with Gasteiger partial charge in [0, 0.05) is 6.42 Å². The van der Waals surface area contributed by atoms with Crippen molar-refractivity contribution in [2.24, 2.45) is 10.8 Å². The molecule has 5 N–H and O–H groups in total. The first kappa shape index (κ1) is 21.0. The van der Waals surface area contributed by atoms with Gasteiger partial charge in [-0.3, -0.25) is 19.7 Å². The number of hydrogen-bond acceptors (Lipinski definition) is 7. The van der Waals surface area contributed by atoms with Gasteiger partial charge in [0.2, 0.25) is 23.3 Å². The van der Waals surface area contributed by atoms with Crippen LogP contribution in [0, 0.1) is 5.53 Å². The standard InChI is InChI=1S/C16H26FN5O3/c1-10(18)15(25)21-11(2)14(24)12(23)9-20-16(17)8-6-4-3-5-7-13(16)22-19/h7,10-11,19-20H,3-6,8-9,18H2,1-2H3,(H,21,25)/t10-,11-,16?/m0/s1. The Morgan fingerprint density at radius 2 is 2.04 bits per heavy atom. The zero-order valence-corrected chi connectivity index (χ0v) is 14.6. The van der Waals surface area contributed by atoms with Crippen molar-refractivity contribution in [3.63, 3.8) is 0 Å². The monoisotopic (exact) mass is 355 g/mol. The van der Waals surface area contributed by atoms with Gasteiger partial charge in [0.25, 0.3) is 0 Å². The molecular formula is C16H26FN5O3. The summed E-state index contributed by atoms with van der Waals surface area (Å²) in [4.78, 5) is 35.5. The molecule has 0 saturated heterocycles. The fraction of sp³-hybridized carbons (Fsp3) is 0.688. The van der Waals surface area contributed by atoms with E-state index in [0.29, 0.717) is 12.8 Å². The normalized spacial score (nSPS) is 23.4. The number of Topliss-reactive ketones (excluding diaryl/α,β-unsaturated/α-hetero) is 2. The molecule has 0 fully saturated rings. The summed E-state index contributed by atoms with van der Waals surface area (Å²) >= 11 is 0. The highest BCUT2D eigenvalue weighted by atomic mass is 19.1. The molecule has 25 heavy (non-hydrogen) atoms. The van der Waals surface area contributed by atoms with Crippen LogP contribution in [0.1, 0.15) is 46.0 Å². The molecule has 1 aliphatic carbocycles. The maximum absolute atomic E-state index is 15.1. The number of halogens is 1. The Morgan fingerprint density at radius 1 is 1.36 bits per heavy atom. The number of carbonyl (C=O) groups is 3. The third-order valence-electron chi connectivity index (χ3n) is 4.06. The summed E-state index contributed by atoms with van der Waals surface area (Å²) in [6.45, 7) is 2.28. The van der Waals surface area contributed by atoms with E-state index in [1.165, 1.54) is 19.9 Å². The van der Waals surface area contributed by atoms with Crippen LogP contribution < -0.4 is 16.4 Å². The molecule has 8 nitrogen and oxygen atoms in total. The van der Waals surface area contributed by atoms with Gasteiger partial charge in [-0.1, -0.05) is 12.5 Å². The molecule has 1 unspecified atom stereocenters. The van der Waals surface area contributed by atoms with Crippen molar-refractivity contribution >= 4 is 17.5 Å². The minimum absolute atomic E-state index is 0.0691. The zero-order chi connectivity index (χ0) is 19.0. The number of nitrogens with two attached hydrogens (primary N) is 1. The molecule has 0 bridgehead atoms. The summed E-state index contributed by atoms with van der Waals surface area (Å²) in [5, 5.41) is 7.98. The van der Waals surface area contributed by atoms with E-state index < -0.39 is 41.9 Å². The molecule has 9 heteroatoms. The quantitative estimate of drug-likeness (QED) is 0.294. The summed E-state index contributed by atoms with van der Waals surface area (Å²) in [5.41, 5.74) is 12.5. The van der Waals surface area contributed by atoms with Gasteiger partial charge < -0.3 is 11.1 Å². The van der Waals surface area contributed by atoms with Crippen molar-refractivity contribution in [3.8, 4) is 0 Å². The van der Waals surface area contributed by atoms with Gasteiger partial charge in [-0.05, 0) is 33.1 Å². The second-order valence-electron chi connectivity index (χ2n) is 6.26. The predicted molar refractivity (Wildman–Crippen MR) is 89.4 cm³/mol. The summed E-state index contributed by atoms with van der Waals surface area (Å²) in [6.07, 6.45) is 4.53. The third-order valence-corrected chi connectivity index (χ3v) is 4.06. The molecule has 0 aromatic carbocycles. The number of ketones is 2. The summed E-state index contributed by atoms with van der Waals surface area (Å²) in [7, 11) is 0. The summed E-state index contributed by atoms with van der Waals surface area (Å²) in [5.74, 6) is -4.37. The predicted octanol–water partition coefficient (Wildman–Crippen LogP) is 1.11. The van der Waals surface area contributed by atoms with Gasteiger partial charge >= 0.3 is 0 Å². The lowest BCUT2D eigenvalue weighted by Crippen LogP contribution is -2.51. The van der Waals surface area contributed by atoms with Crippen LogP contribution in [0.15, 0.2) is 16.9 Å². The van der Waals surface area contributed by atoms with Gasteiger partial charge in [-0.25, -0.2) is 9.92 Å². The molecule has 0 heterocycles. The highest BCUT2D eigenvalue weighted by Crippen LogP contribution is 2.29. The van der Waals surface area contributed by atoms with Crippen molar-refractivity contribution in [1.29, 1.82) is 5.53 Å². The van der Waals surface area contributed by atoms with Crippen molar-refractivity contribution in [2.75, 3.05) is 6.54 Å². The fourth-order valence-corrected chi connectivity index (χ4v) is 2.49. The Morgan fingerprint density at radius 3 is 2.64 bits per heavy atom. The van der Waals surface area contributed by atoms with Crippen LogP contribution in [-0.2, 0) is 14.4 Å². The van der Waals surface area contributed by atoms with Gasteiger partial charge in [0.15, 0.2) is 0 Å². The smallest absolute Gasteiger partial charge is 0.237 e. The van der Waals surface area contributed by atoms with Crippen molar-refractivity contribution in [2.45, 2.75) is 63.8 Å². The summed E-state index contributed by atoms with van der Waals surface area (Å²) in [6, 6.07) is -1.85. The number of nitrogens with one attached hydrogen (secondary N) is 3. The minimum atomic E-state index is -2.11. The number of rotatable bonds is 8. The first-order chi connectivity index (χ1) is 11.7. The molecule has 1 aliphatic rings. The molecule has 1 amide bonds. The number of allylic oxidation sites excluding steroid dienone is 1. The molecule has 3 atom stereocenters. The van der Waals surface area contributed by atoms with Crippen molar-refractivity contribution in [3.05, 3.63) is 11.8 Å². The molecule has 0 aliphatic heterocycles. The zero-order valence-electron chi connectivity index (χ0n) is 14.6. The molecule has 1 rings (SSSR count). The lowest BCUT2D eigenvalue weighted by molar-refractivity contribution is -0.138. The topological polar surface area (TPSA) is 138 Å². The third kappa shape index (κ3) is 6.09.